The van der Waals surface area contributed by atoms with Crippen molar-refractivity contribution >= 4 is 45.1 Å². The molecule has 0 aliphatic carbocycles. The Morgan fingerprint density at radius 2 is 1.85 bits per heavy atom. The first-order valence-electron chi connectivity index (χ1n) is 7.77. The maximum absolute atomic E-state index is 12.1. The number of halogens is 1. The molecule has 0 saturated heterocycles. The number of hydrazine groups is 1. The minimum absolute atomic E-state index is 0.00926. The number of carbonyl (C=O) groups is 2. The Morgan fingerprint density at radius 3 is 2.50 bits per heavy atom. The van der Waals surface area contributed by atoms with E-state index in [0.717, 1.165) is 5.56 Å². The van der Waals surface area contributed by atoms with Gasteiger partial charge in [0, 0.05) is 12.0 Å². The molecule has 0 saturated carbocycles. The third kappa shape index (κ3) is 6.12. The van der Waals surface area contributed by atoms with Crippen LogP contribution in [0.2, 0.25) is 0 Å². The lowest BCUT2D eigenvalue weighted by atomic mass is 10.1. The molecule has 8 heteroatoms. The van der Waals surface area contributed by atoms with Gasteiger partial charge in [-0.25, -0.2) is 0 Å². The fourth-order valence-electron chi connectivity index (χ4n) is 2.11. The zero-order valence-corrected chi connectivity index (χ0v) is 16.4. The Labute approximate surface area is 165 Å². The molecule has 0 heterocycles. The first kappa shape index (κ1) is 19.9. The Kier molecular flexibility index (Phi) is 7.55. The van der Waals surface area contributed by atoms with Crippen molar-refractivity contribution in [3.05, 3.63) is 64.1 Å². The summed E-state index contributed by atoms with van der Waals surface area (Å²) < 4.78 is 5.77. The van der Waals surface area contributed by atoms with Gasteiger partial charge in [0.15, 0.2) is 5.11 Å². The number of aryl methyl sites for hydroxylation is 1. The molecular formula is C18H18BrN3O3S. The largest absolute Gasteiger partial charge is 0.496 e. The van der Waals surface area contributed by atoms with E-state index in [1.165, 1.54) is 0 Å². The van der Waals surface area contributed by atoms with E-state index in [9.17, 15) is 9.59 Å². The van der Waals surface area contributed by atoms with Crippen LogP contribution in [0, 0.1) is 0 Å². The van der Waals surface area contributed by atoms with Gasteiger partial charge < -0.3 is 4.74 Å². The van der Waals surface area contributed by atoms with Gasteiger partial charge in [0.25, 0.3) is 5.91 Å². The smallest absolute Gasteiger partial charge is 0.257 e. The Balaban J connectivity index is 1.76. The summed E-state index contributed by atoms with van der Waals surface area (Å²) in [5.74, 6) is -0.00466. The molecule has 0 unspecified atom stereocenters. The Morgan fingerprint density at radius 1 is 1.12 bits per heavy atom. The molecule has 0 bridgehead atoms. The molecule has 2 amide bonds. The maximum atomic E-state index is 12.1. The van der Waals surface area contributed by atoms with E-state index in [1.54, 1.807) is 25.3 Å². The SMILES string of the molecule is COc1ccc(C(=O)NC(=S)NNC(=O)CCc2ccccc2)cc1Br. The number of methoxy groups -OCH3 is 1. The molecule has 0 aromatic heterocycles. The molecule has 26 heavy (non-hydrogen) atoms. The van der Waals surface area contributed by atoms with Gasteiger partial charge in [-0.05, 0) is 58.3 Å². The number of thiocarbonyl (C=S) groups is 1. The van der Waals surface area contributed by atoms with Crippen LogP contribution in [0.25, 0.3) is 0 Å². The van der Waals surface area contributed by atoms with Crippen molar-refractivity contribution in [2.45, 2.75) is 12.8 Å². The van der Waals surface area contributed by atoms with Crippen molar-refractivity contribution in [3.63, 3.8) is 0 Å². The third-order valence-corrected chi connectivity index (χ3v) is 4.26. The number of amides is 2. The molecule has 0 spiro atoms. The van der Waals surface area contributed by atoms with Gasteiger partial charge >= 0.3 is 0 Å². The number of hydrogen-bond acceptors (Lipinski definition) is 4. The van der Waals surface area contributed by atoms with E-state index in [2.05, 4.69) is 32.1 Å². The van der Waals surface area contributed by atoms with Gasteiger partial charge in [0.05, 0.1) is 11.6 Å². The van der Waals surface area contributed by atoms with Crippen LogP contribution in [0.1, 0.15) is 22.3 Å². The van der Waals surface area contributed by atoms with Gasteiger partial charge in [-0.1, -0.05) is 30.3 Å². The fourth-order valence-corrected chi connectivity index (χ4v) is 2.79. The van der Waals surface area contributed by atoms with Crippen molar-refractivity contribution in [1.29, 1.82) is 0 Å². The van der Waals surface area contributed by atoms with Crippen LogP contribution in [-0.2, 0) is 11.2 Å². The summed E-state index contributed by atoms with van der Waals surface area (Å²) >= 11 is 8.33. The highest BCUT2D eigenvalue weighted by Gasteiger charge is 2.11. The van der Waals surface area contributed by atoms with Crippen LogP contribution in [-0.4, -0.2) is 24.0 Å². The van der Waals surface area contributed by atoms with Crippen LogP contribution < -0.4 is 20.9 Å². The number of ether oxygens (including phenoxy) is 1. The molecular weight excluding hydrogens is 418 g/mol. The predicted molar refractivity (Wildman–Crippen MR) is 107 cm³/mol. The van der Waals surface area contributed by atoms with E-state index in [0.29, 0.717) is 28.6 Å². The van der Waals surface area contributed by atoms with Crippen LogP contribution in [0.3, 0.4) is 0 Å². The molecule has 2 aromatic rings. The third-order valence-electron chi connectivity index (χ3n) is 3.44. The number of nitrogens with one attached hydrogen (secondary N) is 3. The van der Waals surface area contributed by atoms with Gasteiger partial charge in [-0.15, -0.1) is 0 Å². The Hall–Kier alpha value is -2.45. The van der Waals surface area contributed by atoms with E-state index in [4.69, 9.17) is 17.0 Å². The highest BCUT2D eigenvalue weighted by atomic mass is 79.9. The number of rotatable bonds is 5. The van der Waals surface area contributed by atoms with E-state index in [1.807, 2.05) is 30.3 Å². The lowest BCUT2D eigenvalue weighted by Gasteiger charge is -2.11. The first-order valence-corrected chi connectivity index (χ1v) is 8.97. The summed E-state index contributed by atoms with van der Waals surface area (Å²) in [6, 6.07) is 14.6. The number of benzene rings is 2. The van der Waals surface area contributed by atoms with Crippen LogP contribution >= 0.6 is 28.1 Å². The summed E-state index contributed by atoms with van der Waals surface area (Å²) in [5.41, 5.74) is 6.46. The number of carbonyl (C=O) groups excluding carboxylic acids is 2. The van der Waals surface area contributed by atoms with Gasteiger partial charge in [-0.2, -0.15) is 0 Å². The average molecular weight is 436 g/mol. The summed E-state index contributed by atoms with van der Waals surface area (Å²) in [6.45, 7) is 0. The van der Waals surface area contributed by atoms with Crippen molar-refractivity contribution in [2.24, 2.45) is 0 Å². The first-order chi connectivity index (χ1) is 12.5. The molecule has 0 aliphatic heterocycles. The van der Waals surface area contributed by atoms with Crippen molar-refractivity contribution in [3.8, 4) is 5.75 Å². The molecule has 2 aromatic carbocycles. The quantitative estimate of drug-likeness (QED) is 0.496. The fraction of sp³-hybridized carbons (Fsp3) is 0.167. The molecule has 0 fully saturated rings. The highest BCUT2D eigenvalue weighted by molar-refractivity contribution is 9.10. The predicted octanol–water partition coefficient (Wildman–Crippen LogP) is 2.73. The maximum Gasteiger partial charge on any atom is 0.257 e. The van der Waals surface area contributed by atoms with E-state index >= 15 is 0 Å². The topological polar surface area (TPSA) is 79.5 Å². The van der Waals surface area contributed by atoms with Crippen molar-refractivity contribution in [1.82, 2.24) is 16.2 Å². The zero-order valence-electron chi connectivity index (χ0n) is 14.0. The lowest BCUT2D eigenvalue weighted by Crippen LogP contribution is -2.48. The molecule has 2 rings (SSSR count). The normalized spacial score (nSPS) is 9.92. The molecule has 136 valence electrons. The molecule has 6 nitrogen and oxygen atoms in total. The standard InChI is InChI=1S/C18H18BrN3O3S/c1-25-15-9-8-13(11-14(15)19)17(24)20-18(26)22-21-16(23)10-7-12-5-3-2-4-6-12/h2-6,8-9,11H,7,10H2,1H3,(H,21,23)(H2,20,22,24,26). The monoisotopic (exact) mass is 435 g/mol. The minimum Gasteiger partial charge on any atom is -0.496 e. The average Bonchev–Trinajstić information content (AvgIpc) is 2.65. The molecule has 0 atom stereocenters. The second-order valence-electron chi connectivity index (χ2n) is 5.29. The zero-order chi connectivity index (χ0) is 18.9. The van der Waals surface area contributed by atoms with E-state index < -0.39 is 5.91 Å². The number of hydrogen-bond donors (Lipinski definition) is 3. The molecule has 0 aliphatic rings. The second kappa shape index (κ2) is 9.88. The van der Waals surface area contributed by atoms with Gasteiger partial charge in [0.2, 0.25) is 5.91 Å². The Bertz CT molecular complexity index is 800. The van der Waals surface area contributed by atoms with Crippen molar-refractivity contribution < 1.29 is 14.3 Å². The van der Waals surface area contributed by atoms with Crippen LogP contribution in [0.4, 0.5) is 0 Å². The van der Waals surface area contributed by atoms with Gasteiger partial charge in [0.1, 0.15) is 5.75 Å². The van der Waals surface area contributed by atoms with Crippen LogP contribution in [0.5, 0.6) is 5.75 Å². The minimum atomic E-state index is -0.399. The lowest BCUT2D eigenvalue weighted by molar-refractivity contribution is -0.121. The summed E-state index contributed by atoms with van der Waals surface area (Å²) in [6.07, 6.45) is 0.923. The van der Waals surface area contributed by atoms with Crippen molar-refractivity contribution in [2.75, 3.05) is 7.11 Å². The molecule has 3 N–H and O–H groups in total. The summed E-state index contributed by atoms with van der Waals surface area (Å²) in [7, 11) is 1.54. The summed E-state index contributed by atoms with van der Waals surface area (Å²) in [4.78, 5) is 24.0. The van der Waals surface area contributed by atoms with E-state index in [-0.39, 0.29) is 11.0 Å². The molecule has 0 radical (unpaired) electrons. The second-order valence-corrected chi connectivity index (χ2v) is 6.55. The van der Waals surface area contributed by atoms with Crippen LogP contribution in [0.15, 0.2) is 53.0 Å². The highest BCUT2D eigenvalue weighted by Crippen LogP contribution is 2.25. The summed E-state index contributed by atoms with van der Waals surface area (Å²) in [5, 5.41) is 2.50. The van der Waals surface area contributed by atoms with Gasteiger partial charge in [-0.3, -0.25) is 25.8 Å².